The van der Waals surface area contributed by atoms with E-state index in [4.69, 9.17) is 4.52 Å². The van der Waals surface area contributed by atoms with Crippen LogP contribution in [-0.4, -0.2) is 27.1 Å². The van der Waals surface area contributed by atoms with Gasteiger partial charge in [0.25, 0.3) is 17.6 Å². The van der Waals surface area contributed by atoms with E-state index >= 15 is 0 Å². The number of aryl methyl sites for hydroxylation is 1. The van der Waals surface area contributed by atoms with Gasteiger partial charge in [0.15, 0.2) is 0 Å². The molecule has 4 aliphatic carbocycles. The van der Waals surface area contributed by atoms with Gasteiger partial charge in [0.2, 0.25) is 0 Å². The number of carbonyl (C=O) groups is 2. The standard InChI is InChI=1S/C21H20F3N3O4S/c22-21(23,24)20-26-17(31-27-20)15-11-3-1-2-4-12(11)32-18(15)25-16(28)13-9-5-7-10(8-6-9)14(13)19(29)30/h9-10H,1-8H2,(H,25,28)(H,29,30). The second kappa shape index (κ2) is 7.72. The molecule has 11 heteroatoms. The van der Waals surface area contributed by atoms with E-state index in [2.05, 4.69) is 15.5 Å². The van der Waals surface area contributed by atoms with Crippen LogP contribution in [0, 0.1) is 11.8 Å². The first-order valence-corrected chi connectivity index (χ1v) is 11.4. The maximum atomic E-state index is 13.3. The number of aromatic nitrogens is 2. The Balaban J connectivity index is 1.55. The summed E-state index contributed by atoms with van der Waals surface area (Å²) in [6.07, 6.45) is 1.47. The molecule has 0 aromatic carbocycles. The average molecular weight is 467 g/mol. The van der Waals surface area contributed by atoms with Crippen molar-refractivity contribution in [2.75, 3.05) is 5.32 Å². The van der Waals surface area contributed by atoms with Crippen LogP contribution < -0.4 is 5.32 Å². The van der Waals surface area contributed by atoms with Gasteiger partial charge in [-0.2, -0.15) is 18.2 Å². The molecule has 4 aliphatic rings. The van der Waals surface area contributed by atoms with Crippen LogP contribution in [0.2, 0.25) is 0 Å². The lowest BCUT2D eigenvalue weighted by Crippen LogP contribution is -2.35. The van der Waals surface area contributed by atoms with Crippen LogP contribution >= 0.6 is 11.3 Å². The van der Waals surface area contributed by atoms with Crippen LogP contribution in [0.5, 0.6) is 0 Å². The molecule has 2 bridgehead atoms. The van der Waals surface area contributed by atoms with Crippen LogP contribution in [0.15, 0.2) is 15.7 Å². The highest BCUT2D eigenvalue weighted by Gasteiger charge is 2.42. The summed E-state index contributed by atoms with van der Waals surface area (Å²) in [5, 5.41) is 15.9. The number of rotatable bonds is 4. The van der Waals surface area contributed by atoms with Gasteiger partial charge in [-0.15, -0.1) is 11.3 Å². The van der Waals surface area contributed by atoms with Gasteiger partial charge in [-0.05, 0) is 68.8 Å². The van der Waals surface area contributed by atoms with Gasteiger partial charge in [-0.25, -0.2) is 4.79 Å². The molecule has 1 saturated carbocycles. The molecule has 0 unspecified atom stereocenters. The summed E-state index contributed by atoms with van der Waals surface area (Å²) in [5.41, 5.74) is 1.59. The molecule has 0 aliphatic heterocycles. The average Bonchev–Trinajstić information content (AvgIpc) is 3.38. The third kappa shape index (κ3) is 3.52. The molecular formula is C21H20F3N3O4S. The SMILES string of the molecule is O=C(O)C1=C(C(=O)Nc2sc3c(c2-c2nc(C(F)(F)F)no2)CCCC3)C2CCC1CC2. The van der Waals surface area contributed by atoms with Crippen LogP contribution in [0.4, 0.5) is 18.2 Å². The number of anilines is 1. The third-order valence-electron chi connectivity index (χ3n) is 6.60. The summed E-state index contributed by atoms with van der Waals surface area (Å²) in [4.78, 5) is 29.6. The number of carboxylic acid groups (broad SMARTS) is 1. The molecule has 2 aromatic heterocycles. The van der Waals surface area contributed by atoms with Gasteiger partial charge in [0.05, 0.1) is 5.56 Å². The quantitative estimate of drug-likeness (QED) is 0.667. The molecule has 0 saturated heterocycles. The van der Waals surface area contributed by atoms with Crippen molar-refractivity contribution >= 4 is 28.2 Å². The highest BCUT2D eigenvalue weighted by Crippen LogP contribution is 2.48. The molecule has 6 rings (SSSR count). The zero-order valence-electron chi connectivity index (χ0n) is 16.9. The summed E-state index contributed by atoms with van der Waals surface area (Å²) >= 11 is 1.28. The predicted octanol–water partition coefficient (Wildman–Crippen LogP) is 4.84. The number of hydrogen-bond donors (Lipinski definition) is 2. The molecule has 2 N–H and O–H groups in total. The molecule has 2 aromatic rings. The normalized spacial score (nSPS) is 22.7. The van der Waals surface area contributed by atoms with Crippen LogP contribution in [-0.2, 0) is 28.6 Å². The van der Waals surface area contributed by atoms with E-state index in [9.17, 15) is 27.9 Å². The Bertz CT molecular complexity index is 1130. The van der Waals surface area contributed by atoms with Crippen molar-refractivity contribution in [3.63, 3.8) is 0 Å². The zero-order chi connectivity index (χ0) is 22.6. The minimum Gasteiger partial charge on any atom is -0.478 e. The van der Waals surface area contributed by atoms with E-state index in [0.29, 0.717) is 22.6 Å². The van der Waals surface area contributed by atoms with Gasteiger partial charge < -0.3 is 14.9 Å². The van der Waals surface area contributed by atoms with Gasteiger partial charge in [0, 0.05) is 16.0 Å². The van der Waals surface area contributed by atoms with Gasteiger partial charge in [0.1, 0.15) is 5.00 Å². The lowest BCUT2D eigenvalue weighted by molar-refractivity contribution is -0.146. The number of nitrogens with one attached hydrogen (secondary N) is 1. The second-order valence-corrected chi connectivity index (χ2v) is 9.58. The van der Waals surface area contributed by atoms with E-state index in [1.807, 2.05) is 0 Å². The van der Waals surface area contributed by atoms with Gasteiger partial charge >= 0.3 is 12.1 Å². The summed E-state index contributed by atoms with van der Waals surface area (Å²) < 4.78 is 44.0. The Morgan fingerprint density at radius 1 is 1.06 bits per heavy atom. The van der Waals surface area contributed by atoms with Crippen molar-refractivity contribution in [1.29, 1.82) is 0 Å². The number of nitrogens with zero attached hydrogens (tertiary/aromatic N) is 2. The minimum atomic E-state index is -4.75. The van der Waals surface area contributed by atoms with Crippen molar-refractivity contribution in [2.45, 2.75) is 57.5 Å². The van der Waals surface area contributed by atoms with Crippen LogP contribution in [0.3, 0.4) is 0 Å². The van der Waals surface area contributed by atoms with E-state index in [0.717, 1.165) is 55.4 Å². The fraction of sp³-hybridized carbons (Fsp3) is 0.524. The number of carboxylic acids is 1. The van der Waals surface area contributed by atoms with E-state index < -0.39 is 23.9 Å². The molecule has 32 heavy (non-hydrogen) atoms. The van der Waals surface area contributed by atoms with E-state index in [-0.39, 0.29) is 23.3 Å². The van der Waals surface area contributed by atoms with Crippen molar-refractivity contribution in [1.82, 2.24) is 10.1 Å². The van der Waals surface area contributed by atoms with E-state index in [1.54, 1.807) is 0 Å². The first-order valence-electron chi connectivity index (χ1n) is 10.6. The minimum absolute atomic E-state index is 0.121. The maximum absolute atomic E-state index is 13.3. The number of amides is 1. The number of fused-ring (bicyclic) bond motifs is 3. The number of alkyl halides is 3. The Morgan fingerprint density at radius 3 is 2.34 bits per heavy atom. The van der Waals surface area contributed by atoms with Crippen molar-refractivity contribution < 1.29 is 32.4 Å². The molecule has 2 heterocycles. The van der Waals surface area contributed by atoms with Crippen molar-refractivity contribution in [3.8, 4) is 11.5 Å². The topological polar surface area (TPSA) is 105 Å². The fourth-order valence-corrected chi connectivity index (χ4v) is 6.48. The molecule has 1 amide bonds. The molecular weight excluding hydrogens is 447 g/mol. The summed E-state index contributed by atoms with van der Waals surface area (Å²) in [6.45, 7) is 0. The smallest absolute Gasteiger partial charge is 0.455 e. The fourth-order valence-electron chi connectivity index (χ4n) is 5.20. The van der Waals surface area contributed by atoms with Crippen molar-refractivity contribution in [2.24, 2.45) is 11.8 Å². The molecule has 1 fully saturated rings. The number of aliphatic carboxylic acids is 1. The summed E-state index contributed by atoms with van der Waals surface area (Å²) in [5.74, 6) is -3.51. The molecule has 0 atom stereocenters. The number of carbonyl (C=O) groups excluding carboxylic acids is 1. The lowest BCUT2D eigenvalue weighted by atomic mass is 9.66. The number of hydrogen-bond acceptors (Lipinski definition) is 6. The lowest BCUT2D eigenvalue weighted by Gasteiger charge is -2.37. The zero-order valence-corrected chi connectivity index (χ0v) is 17.7. The third-order valence-corrected chi connectivity index (χ3v) is 7.81. The number of halogens is 3. The highest BCUT2D eigenvalue weighted by molar-refractivity contribution is 7.17. The Morgan fingerprint density at radius 2 is 1.72 bits per heavy atom. The summed E-state index contributed by atoms with van der Waals surface area (Å²) in [7, 11) is 0. The predicted molar refractivity (Wildman–Crippen MR) is 108 cm³/mol. The molecule has 0 radical (unpaired) electrons. The van der Waals surface area contributed by atoms with Crippen LogP contribution in [0.1, 0.15) is 54.8 Å². The molecule has 7 nitrogen and oxygen atoms in total. The monoisotopic (exact) mass is 467 g/mol. The highest BCUT2D eigenvalue weighted by atomic mass is 32.1. The Hall–Kier alpha value is -2.69. The van der Waals surface area contributed by atoms with Gasteiger partial charge in [-0.3, -0.25) is 4.79 Å². The Kier molecular flexibility index (Phi) is 5.11. The second-order valence-electron chi connectivity index (χ2n) is 8.47. The first kappa shape index (κ1) is 21.2. The molecule has 170 valence electrons. The van der Waals surface area contributed by atoms with E-state index in [1.165, 1.54) is 11.3 Å². The molecule has 0 spiro atoms. The largest absolute Gasteiger partial charge is 0.478 e. The van der Waals surface area contributed by atoms with Crippen molar-refractivity contribution in [3.05, 3.63) is 27.4 Å². The summed E-state index contributed by atoms with van der Waals surface area (Å²) in [6, 6.07) is 0. The Labute approximate surface area is 184 Å². The van der Waals surface area contributed by atoms with Gasteiger partial charge in [-0.1, -0.05) is 5.16 Å². The maximum Gasteiger partial charge on any atom is 0.455 e. The number of thiophene rings is 1. The van der Waals surface area contributed by atoms with Crippen LogP contribution in [0.25, 0.3) is 11.5 Å². The first-order chi connectivity index (χ1) is 15.2.